The summed E-state index contributed by atoms with van der Waals surface area (Å²) in [6.45, 7) is 10.7. The van der Waals surface area contributed by atoms with Crippen molar-refractivity contribution < 1.29 is 0 Å². The number of benzene rings is 1. The monoisotopic (exact) mass is 283 g/mol. The van der Waals surface area contributed by atoms with Gasteiger partial charge in [-0.1, -0.05) is 51.1 Å². The summed E-state index contributed by atoms with van der Waals surface area (Å²) in [5, 5.41) is 0. The lowest BCUT2D eigenvalue weighted by Crippen LogP contribution is -2.29. The van der Waals surface area contributed by atoms with Crippen LogP contribution in [0.3, 0.4) is 0 Å². The first-order chi connectivity index (χ1) is 9.82. The third-order valence-electron chi connectivity index (χ3n) is 3.85. The molecule has 3 heteroatoms. The third kappa shape index (κ3) is 3.49. The van der Waals surface area contributed by atoms with Gasteiger partial charge < -0.3 is 0 Å². The molecular weight excluding hydrogens is 258 g/mol. The third-order valence-corrected chi connectivity index (χ3v) is 3.85. The summed E-state index contributed by atoms with van der Waals surface area (Å²) in [6, 6.07) is 12.7. The Kier molecular flexibility index (Phi) is 4.45. The first kappa shape index (κ1) is 15.7. The van der Waals surface area contributed by atoms with E-state index in [1.54, 1.807) is 0 Å². The molecule has 2 aromatic rings. The Morgan fingerprint density at radius 1 is 1.00 bits per heavy atom. The summed E-state index contributed by atoms with van der Waals surface area (Å²) in [5.74, 6) is 5.79. The molecule has 1 atom stereocenters. The van der Waals surface area contributed by atoms with E-state index in [1.807, 2.05) is 19.9 Å². The molecule has 0 aliphatic rings. The molecule has 112 valence electrons. The summed E-state index contributed by atoms with van der Waals surface area (Å²) < 4.78 is 0. The summed E-state index contributed by atoms with van der Waals surface area (Å²) in [6.07, 6.45) is 0. The molecule has 0 spiro atoms. The van der Waals surface area contributed by atoms with E-state index in [-0.39, 0.29) is 11.5 Å². The highest BCUT2D eigenvalue weighted by Gasteiger charge is 2.18. The number of pyridine rings is 1. The van der Waals surface area contributed by atoms with E-state index in [0.29, 0.717) is 0 Å². The van der Waals surface area contributed by atoms with Crippen LogP contribution >= 0.6 is 0 Å². The van der Waals surface area contributed by atoms with E-state index in [2.05, 4.69) is 61.5 Å². The summed E-state index contributed by atoms with van der Waals surface area (Å²) in [5.41, 5.74) is 8.70. The highest BCUT2D eigenvalue weighted by Crippen LogP contribution is 2.27. The van der Waals surface area contributed by atoms with Gasteiger partial charge in [0.25, 0.3) is 0 Å². The minimum absolute atomic E-state index is 0.0351. The van der Waals surface area contributed by atoms with Crippen LogP contribution in [0.25, 0.3) is 0 Å². The Balaban J connectivity index is 2.37. The number of aryl methyl sites for hydroxylation is 2. The number of hydrogen-bond acceptors (Lipinski definition) is 3. The normalized spacial score (nSPS) is 13.2. The summed E-state index contributed by atoms with van der Waals surface area (Å²) >= 11 is 0. The van der Waals surface area contributed by atoms with Crippen molar-refractivity contribution in [2.45, 2.75) is 46.1 Å². The predicted molar refractivity (Wildman–Crippen MR) is 88.0 cm³/mol. The number of nitrogens with one attached hydrogen (secondary N) is 1. The van der Waals surface area contributed by atoms with Crippen molar-refractivity contribution in [2.24, 2.45) is 5.84 Å². The summed E-state index contributed by atoms with van der Waals surface area (Å²) in [4.78, 5) is 4.53. The van der Waals surface area contributed by atoms with Crippen molar-refractivity contribution in [3.63, 3.8) is 0 Å². The van der Waals surface area contributed by atoms with E-state index in [9.17, 15) is 0 Å². The van der Waals surface area contributed by atoms with E-state index in [0.717, 1.165) is 22.5 Å². The predicted octanol–water partition coefficient (Wildman–Crippen LogP) is 3.55. The average molecular weight is 283 g/mol. The zero-order valence-corrected chi connectivity index (χ0v) is 13.6. The van der Waals surface area contributed by atoms with Crippen molar-refractivity contribution >= 4 is 0 Å². The molecule has 1 heterocycles. The van der Waals surface area contributed by atoms with Crippen LogP contribution in [0, 0.1) is 13.8 Å². The fourth-order valence-electron chi connectivity index (χ4n) is 2.54. The summed E-state index contributed by atoms with van der Waals surface area (Å²) in [7, 11) is 0. The van der Waals surface area contributed by atoms with Gasteiger partial charge in [0.2, 0.25) is 0 Å². The SMILES string of the molecule is Cc1ccc(C(NN)c2ccc(C(C)(C)C)cc2)c(C)n1. The van der Waals surface area contributed by atoms with E-state index in [1.165, 1.54) is 5.56 Å². The van der Waals surface area contributed by atoms with Gasteiger partial charge in [0, 0.05) is 11.4 Å². The van der Waals surface area contributed by atoms with Gasteiger partial charge in [0.05, 0.1) is 6.04 Å². The van der Waals surface area contributed by atoms with Crippen molar-refractivity contribution in [1.29, 1.82) is 0 Å². The van der Waals surface area contributed by atoms with Gasteiger partial charge in [-0.25, -0.2) is 5.43 Å². The van der Waals surface area contributed by atoms with Crippen molar-refractivity contribution in [1.82, 2.24) is 10.4 Å². The Hall–Kier alpha value is -1.71. The van der Waals surface area contributed by atoms with Crippen LogP contribution in [0.15, 0.2) is 36.4 Å². The van der Waals surface area contributed by atoms with Gasteiger partial charge in [-0.15, -0.1) is 0 Å². The van der Waals surface area contributed by atoms with Crippen molar-refractivity contribution in [2.75, 3.05) is 0 Å². The fourth-order valence-corrected chi connectivity index (χ4v) is 2.54. The maximum atomic E-state index is 5.79. The van der Waals surface area contributed by atoms with Gasteiger partial charge in [-0.2, -0.15) is 0 Å². The largest absolute Gasteiger partial charge is 0.271 e. The zero-order chi connectivity index (χ0) is 15.6. The van der Waals surface area contributed by atoms with Crippen LogP contribution in [0.4, 0.5) is 0 Å². The second kappa shape index (κ2) is 5.96. The molecule has 0 amide bonds. The molecular formula is C18H25N3. The van der Waals surface area contributed by atoms with E-state index < -0.39 is 0 Å². The van der Waals surface area contributed by atoms with Gasteiger partial charge in [-0.3, -0.25) is 10.8 Å². The molecule has 0 aliphatic heterocycles. The molecule has 2 rings (SSSR count). The van der Waals surface area contributed by atoms with E-state index in [4.69, 9.17) is 5.84 Å². The maximum absolute atomic E-state index is 5.79. The van der Waals surface area contributed by atoms with Crippen molar-refractivity contribution in [3.05, 3.63) is 64.5 Å². The number of nitrogens with zero attached hydrogens (tertiary/aromatic N) is 1. The molecule has 3 N–H and O–H groups in total. The Morgan fingerprint density at radius 2 is 1.62 bits per heavy atom. The molecule has 1 unspecified atom stereocenters. The lowest BCUT2D eigenvalue weighted by molar-refractivity contribution is 0.587. The van der Waals surface area contributed by atoms with Gasteiger partial charge in [0.1, 0.15) is 0 Å². The molecule has 1 aromatic carbocycles. The first-order valence-corrected chi connectivity index (χ1v) is 7.33. The highest BCUT2D eigenvalue weighted by atomic mass is 15.2. The van der Waals surface area contributed by atoms with Gasteiger partial charge >= 0.3 is 0 Å². The van der Waals surface area contributed by atoms with Crippen LogP contribution in [-0.4, -0.2) is 4.98 Å². The molecule has 0 saturated carbocycles. The maximum Gasteiger partial charge on any atom is 0.0727 e. The quantitative estimate of drug-likeness (QED) is 0.669. The molecule has 0 saturated heterocycles. The van der Waals surface area contributed by atoms with Gasteiger partial charge in [0.15, 0.2) is 0 Å². The zero-order valence-electron chi connectivity index (χ0n) is 13.6. The first-order valence-electron chi connectivity index (χ1n) is 7.33. The lowest BCUT2D eigenvalue weighted by Gasteiger charge is -2.22. The second-order valence-electron chi connectivity index (χ2n) is 6.60. The van der Waals surface area contributed by atoms with Crippen LogP contribution in [0.2, 0.25) is 0 Å². The number of hydrazine groups is 1. The Bertz CT molecular complexity index is 609. The molecule has 1 aromatic heterocycles. The molecule has 3 nitrogen and oxygen atoms in total. The standard InChI is InChI=1S/C18H25N3/c1-12-6-11-16(13(2)20-12)17(21-19)14-7-9-15(10-8-14)18(3,4)5/h6-11,17,21H,19H2,1-5H3. The molecule has 0 radical (unpaired) electrons. The lowest BCUT2D eigenvalue weighted by atomic mass is 9.85. The topological polar surface area (TPSA) is 50.9 Å². The van der Waals surface area contributed by atoms with Crippen LogP contribution in [-0.2, 0) is 5.41 Å². The Labute approximate surface area is 127 Å². The molecule has 0 fully saturated rings. The van der Waals surface area contributed by atoms with Crippen molar-refractivity contribution in [3.8, 4) is 0 Å². The molecule has 0 aliphatic carbocycles. The van der Waals surface area contributed by atoms with Crippen LogP contribution in [0.5, 0.6) is 0 Å². The van der Waals surface area contributed by atoms with Crippen LogP contribution in [0.1, 0.15) is 54.9 Å². The van der Waals surface area contributed by atoms with E-state index >= 15 is 0 Å². The van der Waals surface area contributed by atoms with Gasteiger partial charge in [-0.05, 0) is 42.0 Å². The minimum Gasteiger partial charge on any atom is -0.271 e. The second-order valence-corrected chi connectivity index (χ2v) is 6.60. The number of hydrogen-bond donors (Lipinski definition) is 2. The number of rotatable bonds is 3. The Morgan fingerprint density at radius 3 is 2.10 bits per heavy atom. The minimum atomic E-state index is -0.0351. The number of aromatic nitrogens is 1. The number of nitrogens with two attached hydrogens (primary N) is 1. The average Bonchev–Trinajstić information content (AvgIpc) is 2.41. The fraction of sp³-hybridized carbons (Fsp3) is 0.389. The smallest absolute Gasteiger partial charge is 0.0727 e. The highest BCUT2D eigenvalue weighted by molar-refractivity contribution is 5.37. The molecule has 0 bridgehead atoms. The van der Waals surface area contributed by atoms with Crippen LogP contribution < -0.4 is 11.3 Å². The molecule has 21 heavy (non-hydrogen) atoms.